The molecule has 166 valence electrons. The lowest BCUT2D eigenvalue weighted by Gasteiger charge is -2.32. The van der Waals surface area contributed by atoms with Crippen LogP contribution in [0.15, 0.2) is 48.5 Å². The lowest BCUT2D eigenvalue weighted by Crippen LogP contribution is -2.41. The minimum atomic E-state index is -4.49. The molecule has 0 aromatic heterocycles. The molecule has 0 saturated carbocycles. The van der Waals surface area contributed by atoms with Crippen LogP contribution >= 0.6 is 0 Å². The van der Waals surface area contributed by atoms with E-state index >= 15 is 0 Å². The predicted octanol–water partition coefficient (Wildman–Crippen LogP) is 4.25. The number of carbonyl (C=O) groups is 1. The number of carbonyl (C=O) groups excluding carboxylic acids is 1. The maximum atomic E-state index is 13.3. The molecule has 1 aliphatic rings. The normalized spacial score (nSPS) is 17.6. The average molecular weight is 433 g/mol. The Bertz CT molecular complexity index is 913. The van der Waals surface area contributed by atoms with E-state index in [-0.39, 0.29) is 18.9 Å². The molecule has 1 amide bonds. The van der Waals surface area contributed by atoms with Gasteiger partial charge in [0.1, 0.15) is 0 Å². The lowest BCUT2D eigenvalue weighted by molar-refractivity contribution is -0.137. The summed E-state index contributed by atoms with van der Waals surface area (Å²) < 4.78 is 51.9. The minimum Gasteiger partial charge on any atom is -0.399 e. The summed E-state index contributed by atoms with van der Waals surface area (Å²) in [4.78, 5) is 12.3. The molecule has 4 nitrogen and oxygen atoms in total. The number of hydrogen-bond donors (Lipinski definition) is 1. The van der Waals surface area contributed by atoms with Gasteiger partial charge in [-0.1, -0.05) is 42.5 Å². The largest absolute Gasteiger partial charge is 0.495 e. The molecule has 1 N–H and O–H groups in total. The first-order valence-corrected chi connectivity index (χ1v) is 10.3. The number of aryl methyl sites for hydroxylation is 1. The van der Waals surface area contributed by atoms with Gasteiger partial charge in [-0.3, -0.25) is 4.79 Å². The molecule has 0 radical (unpaired) electrons. The molecule has 2 aromatic rings. The Morgan fingerprint density at radius 3 is 2.19 bits per heavy atom. The fourth-order valence-electron chi connectivity index (χ4n) is 3.32. The second kappa shape index (κ2) is 8.67. The van der Waals surface area contributed by atoms with Gasteiger partial charge in [0.15, 0.2) is 0 Å². The van der Waals surface area contributed by atoms with Crippen molar-refractivity contribution in [2.24, 2.45) is 0 Å². The zero-order valence-electron chi connectivity index (χ0n) is 18.2. The second-order valence-corrected chi connectivity index (χ2v) is 8.76. The van der Waals surface area contributed by atoms with E-state index < -0.39 is 30.1 Å². The van der Waals surface area contributed by atoms with Crippen LogP contribution in [0.25, 0.3) is 0 Å². The van der Waals surface area contributed by atoms with Gasteiger partial charge in [0, 0.05) is 13.0 Å². The Labute approximate surface area is 181 Å². The van der Waals surface area contributed by atoms with Crippen molar-refractivity contribution >= 4 is 18.5 Å². The monoisotopic (exact) mass is 433 g/mol. The van der Waals surface area contributed by atoms with Crippen LogP contribution < -0.4 is 10.8 Å². The summed E-state index contributed by atoms with van der Waals surface area (Å²) in [5.41, 5.74) is -0.208. The van der Waals surface area contributed by atoms with Crippen LogP contribution in [0.2, 0.25) is 0 Å². The van der Waals surface area contributed by atoms with Crippen molar-refractivity contribution in [1.29, 1.82) is 0 Å². The van der Waals surface area contributed by atoms with Gasteiger partial charge in [0.25, 0.3) is 0 Å². The van der Waals surface area contributed by atoms with Crippen LogP contribution in [0.3, 0.4) is 0 Å². The summed E-state index contributed by atoms with van der Waals surface area (Å²) in [7, 11) is -0.816. The van der Waals surface area contributed by atoms with Crippen LogP contribution in [0.5, 0.6) is 0 Å². The number of amides is 1. The fraction of sp³-hybridized carbons (Fsp3) is 0.435. The maximum absolute atomic E-state index is 13.3. The number of halogens is 3. The van der Waals surface area contributed by atoms with E-state index in [2.05, 4.69) is 5.32 Å². The SMILES string of the molecule is CC1(C)OB(c2ccc(C(F)(F)F)cc2CNC(=O)CCc2ccccc2)OC1(C)C. The van der Waals surface area contributed by atoms with Gasteiger partial charge >= 0.3 is 13.3 Å². The third-order valence-electron chi connectivity index (χ3n) is 5.94. The quantitative estimate of drug-likeness (QED) is 0.693. The molecule has 31 heavy (non-hydrogen) atoms. The van der Waals surface area contributed by atoms with Gasteiger partial charge in [-0.05, 0) is 56.8 Å². The van der Waals surface area contributed by atoms with E-state index in [1.165, 1.54) is 6.07 Å². The highest BCUT2D eigenvalue weighted by atomic mass is 19.4. The number of benzene rings is 2. The molecule has 0 spiro atoms. The zero-order chi connectivity index (χ0) is 22.9. The van der Waals surface area contributed by atoms with Crippen molar-refractivity contribution < 1.29 is 27.3 Å². The Kier molecular flexibility index (Phi) is 6.53. The van der Waals surface area contributed by atoms with Crippen molar-refractivity contribution in [3.63, 3.8) is 0 Å². The highest BCUT2D eigenvalue weighted by Crippen LogP contribution is 2.37. The Morgan fingerprint density at radius 2 is 1.61 bits per heavy atom. The van der Waals surface area contributed by atoms with Gasteiger partial charge in [-0.15, -0.1) is 0 Å². The van der Waals surface area contributed by atoms with Crippen molar-refractivity contribution in [3.05, 3.63) is 65.2 Å². The topological polar surface area (TPSA) is 47.6 Å². The molecule has 1 heterocycles. The molecule has 1 saturated heterocycles. The first-order valence-electron chi connectivity index (χ1n) is 10.3. The molecule has 3 rings (SSSR count). The van der Waals surface area contributed by atoms with Crippen molar-refractivity contribution in [2.45, 2.75) is 64.5 Å². The van der Waals surface area contributed by atoms with Gasteiger partial charge in [0.2, 0.25) is 5.91 Å². The highest BCUT2D eigenvalue weighted by Gasteiger charge is 2.52. The van der Waals surface area contributed by atoms with E-state index in [1.54, 1.807) is 0 Å². The van der Waals surface area contributed by atoms with Crippen molar-refractivity contribution in [1.82, 2.24) is 5.32 Å². The number of hydrogen-bond acceptors (Lipinski definition) is 3. The summed E-state index contributed by atoms with van der Waals surface area (Å²) in [5, 5.41) is 2.74. The molecule has 0 unspecified atom stereocenters. The van der Waals surface area contributed by atoms with Gasteiger partial charge in [0.05, 0.1) is 16.8 Å². The smallest absolute Gasteiger partial charge is 0.399 e. The second-order valence-electron chi connectivity index (χ2n) is 8.76. The van der Waals surface area contributed by atoms with E-state index in [0.717, 1.165) is 17.7 Å². The molecule has 2 aromatic carbocycles. The summed E-state index contributed by atoms with van der Waals surface area (Å²) >= 11 is 0. The number of nitrogens with one attached hydrogen (secondary N) is 1. The van der Waals surface area contributed by atoms with Crippen LogP contribution in [0.1, 0.15) is 50.8 Å². The molecular weight excluding hydrogens is 406 g/mol. The standard InChI is InChI=1S/C23H27BF3NO3/c1-21(2)22(3,4)31-24(30-21)19-12-11-18(23(25,26)27)14-17(19)15-28-20(29)13-10-16-8-6-5-7-9-16/h5-9,11-12,14H,10,13,15H2,1-4H3,(H,28,29). The van der Waals surface area contributed by atoms with Gasteiger partial charge < -0.3 is 14.6 Å². The highest BCUT2D eigenvalue weighted by molar-refractivity contribution is 6.62. The van der Waals surface area contributed by atoms with Crippen LogP contribution in [0.4, 0.5) is 13.2 Å². The number of rotatable bonds is 6. The predicted molar refractivity (Wildman–Crippen MR) is 114 cm³/mol. The van der Waals surface area contributed by atoms with Gasteiger partial charge in [-0.25, -0.2) is 0 Å². The van der Waals surface area contributed by atoms with E-state index in [0.29, 0.717) is 17.4 Å². The van der Waals surface area contributed by atoms with Gasteiger partial charge in [-0.2, -0.15) is 13.2 Å². The first-order chi connectivity index (χ1) is 14.4. The molecule has 8 heteroatoms. The molecule has 1 aliphatic heterocycles. The summed E-state index contributed by atoms with van der Waals surface area (Å²) in [6.45, 7) is 7.46. The molecular formula is C23H27BF3NO3. The zero-order valence-corrected chi connectivity index (χ0v) is 18.2. The fourth-order valence-corrected chi connectivity index (χ4v) is 3.32. The molecule has 0 aliphatic carbocycles. The number of alkyl halides is 3. The third kappa shape index (κ3) is 5.49. The Hall–Kier alpha value is -2.32. The average Bonchev–Trinajstić information content (AvgIpc) is 2.91. The molecule has 0 bridgehead atoms. The summed E-state index contributed by atoms with van der Waals surface area (Å²) in [6, 6.07) is 13.0. The maximum Gasteiger partial charge on any atom is 0.495 e. The molecule has 0 atom stereocenters. The van der Waals surface area contributed by atoms with Crippen LogP contribution in [-0.4, -0.2) is 24.2 Å². The Balaban J connectivity index is 1.76. The minimum absolute atomic E-state index is 0.0447. The third-order valence-corrected chi connectivity index (χ3v) is 5.94. The van der Waals surface area contributed by atoms with E-state index in [4.69, 9.17) is 9.31 Å². The Morgan fingerprint density at radius 1 is 1.00 bits per heavy atom. The van der Waals surface area contributed by atoms with Crippen LogP contribution in [-0.2, 0) is 33.2 Å². The van der Waals surface area contributed by atoms with Crippen molar-refractivity contribution in [2.75, 3.05) is 0 Å². The summed E-state index contributed by atoms with van der Waals surface area (Å²) in [6.07, 6.45) is -3.69. The lowest BCUT2D eigenvalue weighted by atomic mass is 9.75. The molecule has 1 fully saturated rings. The van der Waals surface area contributed by atoms with Crippen molar-refractivity contribution in [3.8, 4) is 0 Å². The van der Waals surface area contributed by atoms with E-state index in [9.17, 15) is 18.0 Å². The first kappa shape index (κ1) is 23.4. The van der Waals surface area contributed by atoms with E-state index in [1.807, 2.05) is 58.0 Å². The summed E-state index contributed by atoms with van der Waals surface area (Å²) in [5.74, 6) is -0.235. The van der Waals surface area contributed by atoms with Crippen LogP contribution in [0, 0.1) is 0 Å².